The lowest BCUT2D eigenvalue weighted by Crippen LogP contribution is -2.55. The van der Waals surface area contributed by atoms with Gasteiger partial charge in [-0.15, -0.1) is 5.10 Å². The van der Waals surface area contributed by atoms with Gasteiger partial charge in [-0.25, -0.2) is 18.9 Å². The van der Waals surface area contributed by atoms with Crippen LogP contribution in [0.5, 0.6) is 5.88 Å². The first-order valence-electron chi connectivity index (χ1n) is 11.9. The third-order valence-electron chi connectivity index (χ3n) is 6.93. The van der Waals surface area contributed by atoms with Crippen LogP contribution in [0.3, 0.4) is 0 Å². The molecule has 0 atom stereocenters. The molecule has 5 heterocycles. The zero-order chi connectivity index (χ0) is 23.8. The average molecular weight is 475 g/mol. The Kier molecular flexibility index (Phi) is 5.58. The molecular weight excluding hydrogens is 447 g/mol. The number of imidazole rings is 1. The van der Waals surface area contributed by atoms with Crippen molar-refractivity contribution in [2.45, 2.75) is 18.4 Å². The molecule has 1 spiro atoms. The van der Waals surface area contributed by atoms with Gasteiger partial charge in [0.15, 0.2) is 5.65 Å². The number of ether oxygens (including phenoxy) is 2. The Morgan fingerprint density at radius 3 is 2.63 bits per heavy atom. The summed E-state index contributed by atoms with van der Waals surface area (Å²) in [5.74, 6) is 1.10. The quantitative estimate of drug-likeness (QED) is 0.485. The van der Waals surface area contributed by atoms with E-state index in [4.69, 9.17) is 19.6 Å². The van der Waals surface area contributed by atoms with E-state index in [-0.39, 0.29) is 11.4 Å². The first-order chi connectivity index (χ1) is 17.1. The number of nitrogens with zero attached hydrogens (tertiary/aromatic N) is 5. The summed E-state index contributed by atoms with van der Waals surface area (Å²) in [6.45, 7) is 4.34. The molecule has 8 nitrogen and oxygen atoms in total. The Morgan fingerprint density at radius 2 is 1.89 bits per heavy atom. The van der Waals surface area contributed by atoms with E-state index >= 15 is 0 Å². The number of fused-ring (bicyclic) bond motifs is 1. The molecule has 6 rings (SSSR count). The SMILES string of the molecule is COc1cc(-c2c(-c3ccc(F)cc3)nc3ccc(N4CCC5(CC4)CNCCO5)nn23)ccn1. The molecule has 0 aliphatic carbocycles. The normalized spacial score (nSPS) is 17.7. The summed E-state index contributed by atoms with van der Waals surface area (Å²) >= 11 is 0. The van der Waals surface area contributed by atoms with E-state index in [0.717, 1.165) is 74.0 Å². The number of anilines is 1. The van der Waals surface area contributed by atoms with Gasteiger partial charge >= 0.3 is 0 Å². The van der Waals surface area contributed by atoms with Crippen LogP contribution in [0.15, 0.2) is 54.7 Å². The van der Waals surface area contributed by atoms with Crippen LogP contribution in [0, 0.1) is 5.82 Å². The summed E-state index contributed by atoms with van der Waals surface area (Å²) in [7, 11) is 1.59. The van der Waals surface area contributed by atoms with Gasteiger partial charge < -0.3 is 19.7 Å². The largest absolute Gasteiger partial charge is 0.481 e. The van der Waals surface area contributed by atoms with E-state index < -0.39 is 0 Å². The van der Waals surface area contributed by atoms with Crippen molar-refractivity contribution in [2.75, 3.05) is 44.8 Å². The molecule has 0 amide bonds. The third-order valence-corrected chi connectivity index (χ3v) is 6.93. The zero-order valence-corrected chi connectivity index (χ0v) is 19.6. The number of methoxy groups -OCH3 is 1. The maximum absolute atomic E-state index is 13.6. The highest BCUT2D eigenvalue weighted by Crippen LogP contribution is 2.35. The van der Waals surface area contributed by atoms with Gasteiger partial charge in [0.05, 0.1) is 25.0 Å². The molecule has 0 saturated carbocycles. The van der Waals surface area contributed by atoms with Crippen LogP contribution in [0.4, 0.5) is 10.2 Å². The summed E-state index contributed by atoms with van der Waals surface area (Å²) in [6.07, 6.45) is 3.62. The molecule has 2 saturated heterocycles. The highest BCUT2D eigenvalue weighted by molar-refractivity contribution is 5.82. The van der Waals surface area contributed by atoms with Crippen molar-refractivity contribution in [1.29, 1.82) is 0 Å². The lowest BCUT2D eigenvalue weighted by atomic mass is 9.90. The van der Waals surface area contributed by atoms with E-state index in [0.29, 0.717) is 11.5 Å². The van der Waals surface area contributed by atoms with Crippen molar-refractivity contribution in [3.05, 3.63) is 60.5 Å². The molecule has 0 unspecified atom stereocenters. The number of rotatable bonds is 4. The van der Waals surface area contributed by atoms with Gasteiger partial charge in [0.25, 0.3) is 0 Å². The molecule has 0 bridgehead atoms. The van der Waals surface area contributed by atoms with Crippen molar-refractivity contribution in [2.24, 2.45) is 0 Å². The maximum atomic E-state index is 13.6. The molecule has 2 aliphatic rings. The highest BCUT2D eigenvalue weighted by Gasteiger charge is 2.37. The number of piperidine rings is 1. The fourth-order valence-corrected chi connectivity index (χ4v) is 5.00. The molecule has 3 aromatic heterocycles. The molecule has 0 radical (unpaired) electrons. The van der Waals surface area contributed by atoms with Crippen LogP contribution in [-0.4, -0.2) is 65.1 Å². The standard InChI is InChI=1S/C26H27FN6O2/c1-34-23-16-19(8-11-29-23)25-24(18-2-4-20(27)5-3-18)30-21-6-7-22(31-33(21)25)32-13-9-26(10-14-32)17-28-12-15-35-26/h2-8,11,16,28H,9-10,12-15,17H2,1H3. The van der Waals surface area contributed by atoms with Gasteiger partial charge in [-0.2, -0.15) is 0 Å². The predicted octanol–water partition coefficient (Wildman–Crippen LogP) is 3.56. The van der Waals surface area contributed by atoms with Crippen LogP contribution >= 0.6 is 0 Å². The van der Waals surface area contributed by atoms with Gasteiger partial charge in [-0.05, 0) is 55.3 Å². The van der Waals surface area contributed by atoms with E-state index in [1.165, 1.54) is 12.1 Å². The fourth-order valence-electron chi connectivity index (χ4n) is 5.00. The van der Waals surface area contributed by atoms with Crippen LogP contribution in [-0.2, 0) is 4.74 Å². The Labute approximate surface area is 202 Å². The van der Waals surface area contributed by atoms with E-state index in [2.05, 4.69) is 15.2 Å². The van der Waals surface area contributed by atoms with E-state index in [1.54, 1.807) is 25.4 Å². The Hall–Kier alpha value is -3.56. The minimum absolute atomic E-state index is 0.0671. The van der Waals surface area contributed by atoms with Crippen LogP contribution in [0.25, 0.3) is 28.2 Å². The van der Waals surface area contributed by atoms with Crippen LogP contribution < -0.4 is 15.0 Å². The fraction of sp³-hybridized carbons (Fsp3) is 0.346. The van der Waals surface area contributed by atoms with Crippen LogP contribution in [0.1, 0.15) is 12.8 Å². The molecule has 1 aromatic carbocycles. The Morgan fingerprint density at radius 1 is 1.06 bits per heavy atom. The number of morpholine rings is 1. The highest BCUT2D eigenvalue weighted by atomic mass is 19.1. The number of benzene rings is 1. The van der Waals surface area contributed by atoms with Gasteiger partial charge in [0.2, 0.25) is 5.88 Å². The number of nitrogens with one attached hydrogen (secondary N) is 1. The minimum Gasteiger partial charge on any atom is -0.481 e. The van der Waals surface area contributed by atoms with Crippen molar-refractivity contribution < 1.29 is 13.9 Å². The molecule has 180 valence electrons. The number of hydrogen-bond acceptors (Lipinski definition) is 7. The second-order valence-electron chi connectivity index (χ2n) is 9.06. The number of aromatic nitrogens is 4. The molecular formula is C26H27FN6O2. The molecule has 9 heteroatoms. The van der Waals surface area contributed by atoms with Crippen LogP contribution in [0.2, 0.25) is 0 Å². The maximum Gasteiger partial charge on any atom is 0.213 e. The summed E-state index contributed by atoms with van der Waals surface area (Å²) in [5, 5.41) is 8.49. The van der Waals surface area contributed by atoms with Crippen molar-refractivity contribution in [1.82, 2.24) is 24.9 Å². The average Bonchev–Trinajstić information content (AvgIpc) is 3.29. The second kappa shape index (κ2) is 8.90. The molecule has 2 fully saturated rings. The topological polar surface area (TPSA) is 76.8 Å². The summed E-state index contributed by atoms with van der Waals surface area (Å²) in [5.41, 5.74) is 3.86. The smallest absolute Gasteiger partial charge is 0.213 e. The first-order valence-corrected chi connectivity index (χ1v) is 11.9. The lowest BCUT2D eigenvalue weighted by molar-refractivity contribution is -0.0800. The van der Waals surface area contributed by atoms with Gasteiger partial charge in [-0.1, -0.05) is 0 Å². The number of halogens is 1. The summed E-state index contributed by atoms with van der Waals surface area (Å²) < 4.78 is 27.0. The third kappa shape index (κ3) is 4.11. The van der Waals surface area contributed by atoms with Gasteiger partial charge in [0.1, 0.15) is 17.3 Å². The van der Waals surface area contributed by atoms with Gasteiger partial charge in [0, 0.05) is 49.6 Å². The molecule has 1 N–H and O–H groups in total. The number of pyridine rings is 1. The van der Waals surface area contributed by atoms with Crippen molar-refractivity contribution in [3.8, 4) is 28.4 Å². The van der Waals surface area contributed by atoms with E-state index in [1.807, 2.05) is 28.8 Å². The van der Waals surface area contributed by atoms with Crippen molar-refractivity contribution in [3.63, 3.8) is 0 Å². The minimum atomic E-state index is -0.287. The first kappa shape index (κ1) is 21.9. The predicted molar refractivity (Wildman–Crippen MR) is 131 cm³/mol. The molecule has 2 aliphatic heterocycles. The second-order valence-corrected chi connectivity index (χ2v) is 9.06. The summed E-state index contributed by atoms with van der Waals surface area (Å²) in [6, 6.07) is 14.1. The Bertz CT molecular complexity index is 1340. The van der Waals surface area contributed by atoms with E-state index in [9.17, 15) is 4.39 Å². The zero-order valence-electron chi connectivity index (χ0n) is 19.6. The molecule has 35 heavy (non-hydrogen) atoms. The monoisotopic (exact) mass is 474 g/mol. The molecule has 4 aromatic rings. The number of hydrogen-bond donors (Lipinski definition) is 1. The van der Waals surface area contributed by atoms with Crippen molar-refractivity contribution >= 4 is 11.5 Å². The van der Waals surface area contributed by atoms with Gasteiger partial charge in [-0.3, -0.25) is 0 Å². The Balaban J connectivity index is 1.42. The summed E-state index contributed by atoms with van der Waals surface area (Å²) in [4.78, 5) is 11.4. The lowest BCUT2D eigenvalue weighted by Gasteiger charge is -2.44.